The van der Waals surface area contributed by atoms with Crippen molar-refractivity contribution in [2.24, 2.45) is 0 Å². The van der Waals surface area contributed by atoms with Crippen molar-refractivity contribution in [1.29, 1.82) is 0 Å². The summed E-state index contributed by atoms with van der Waals surface area (Å²) in [5.41, 5.74) is 4.37. The van der Waals surface area contributed by atoms with Gasteiger partial charge >= 0.3 is 0 Å². The van der Waals surface area contributed by atoms with Gasteiger partial charge in [-0.2, -0.15) is 4.39 Å². The summed E-state index contributed by atoms with van der Waals surface area (Å²) in [4.78, 5) is 46.8. The van der Waals surface area contributed by atoms with Crippen LogP contribution in [0.3, 0.4) is 0 Å². The molecule has 3 aromatic rings. The lowest BCUT2D eigenvalue weighted by Gasteiger charge is -2.45. The minimum absolute atomic E-state index is 0.00198. The highest BCUT2D eigenvalue weighted by atomic mass is 35.5. The maximum atomic E-state index is 14.8. The van der Waals surface area contributed by atoms with Gasteiger partial charge in [0.2, 0.25) is 17.6 Å². The molecule has 2 atom stereocenters. The van der Waals surface area contributed by atoms with E-state index in [-0.39, 0.29) is 48.9 Å². The molecule has 3 fully saturated rings. The number of aryl methyl sites for hydroxylation is 1. The topological polar surface area (TPSA) is 94.2 Å². The summed E-state index contributed by atoms with van der Waals surface area (Å²) < 4.78 is 46.8. The fourth-order valence-electron chi connectivity index (χ4n) is 7.87. The number of amides is 3. The minimum Gasteiger partial charge on any atom is -0.488 e. The number of benzene rings is 3. The lowest BCUT2D eigenvalue weighted by atomic mass is 9.82. The van der Waals surface area contributed by atoms with E-state index in [1.807, 2.05) is 63.2 Å². The van der Waals surface area contributed by atoms with Crippen molar-refractivity contribution in [3.63, 3.8) is 0 Å². The van der Waals surface area contributed by atoms with E-state index in [1.165, 1.54) is 0 Å². The van der Waals surface area contributed by atoms with E-state index < -0.39 is 23.2 Å². The molecular weight excluding hydrogens is 731 g/mol. The van der Waals surface area contributed by atoms with Crippen LogP contribution in [0.2, 0.25) is 5.02 Å². The number of ether oxygens (including phenoxy) is 1. The van der Waals surface area contributed by atoms with Crippen molar-refractivity contribution in [2.45, 2.75) is 76.0 Å². The Bertz CT molecular complexity index is 1920. The summed E-state index contributed by atoms with van der Waals surface area (Å²) in [6.45, 7) is 4.18. The van der Waals surface area contributed by atoms with Crippen LogP contribution in [-0.2, 0) is 27.3 Å². The van der Waals surface area contributed by atoms with Crippen molar-refractivity contribution >= 4 is 34.9 Å². The van der Waals surface area contributed by atoms with E-state index in [9.17, 15) is 27.6 Å². The molecule has 3 aromatic carbocycles. The molecule has 2 unspecified atom stereocenters. The Kier molecular flexibility index (Phi) is 12.4. The Morgan fingerprint density at radius 1 is 0.855 bits per heavy atom. The Hall–Kier alpha value is -4.39. The van der Waals surface area contributed by atoms with Gasteiger partial charge in [-0.05, 0) is 79.0 Å². The first-order valence-electron chi connectivity index (χ1n) is 19.3. The fraction of sp³-hybridized carbons (Fsp3) is 0.452. The molecule has 2 bridgehead atoms. The first-order chi connectivity index (χ1) is 26.7. The number of piperazine rings is 2. The minimum atomic E-state index is -1.34. The van der Waals surface area contributed by atoms with E-state index in [0.717, 1.165) is 60.3 Å². The number of fused-ring (bicyclic) bond motifs is 2. The molecular formula is C42H47ClF3N5O4. The van der Waals surface area contributed by atoms with Crippen molar-refractivity contribution in [2.75, 3.05) is 45.9 Å². The Morgan fingerprint density at radius 2 is 1.56 bits per heavy atom. The maximum Gasteiger partial charge on any atom is 0.252 e. The number of nitrogens with zero attached hydrogens (tertiary/aromatic N) is 3. The van der Waals surface area contributed by atoms with Gasteiger partial charge in [0.05, 0.1) is 12.6 Å². The summed E-state index contributed by atoms with van der Waals surface area (Å²) in [6.07, 6.45) is 4.47. The zero-order valence-electron chi connectivity index (χ0n) is 30.8. The molecule has 9 nitrogen and oxygen atoms in total. The number of halogens is 4. The summed E-state index contributed by atoms with van der Waals surface area (Å²) in [5.74, 6) is -4.17. The molecule has 55 heavy (non-hydrogen) atoms. The smallest absolute Gasteiger partial charge is 0.252 e. The van der Waals surface area contributed by atoms with Gasteiger partial charge in [-0.25, -0.2) is 8.78 Å². The lowest BCUT2D eigenvalue weighted by Crippen LogP contribution is -2.62. The molecule has 3 amide bonds. The molecule has 0 radical (unpaired) electrons. The van der Waals surface area contributed by atoms with Gasteiger partial charge in [-0.1, -0.05) is 54.1 Å². The number of hydrogen-bond donors (Lipinski definition) is 2. The van der Waals surface area contributed by atoms with Gasteiger partial charge in [-0.15, -0.1) is 0 Å². The zero-order chi connectivity index (χ0) is 38.5. The monoisotopic (exact) mass is 777 g/mol. The van der Waals surface area contributed by atoms with Crippen molar-refractivity contribution in [1.82, 2.24) is 25.3 Å². The second-order valence-electron chi connectivity index (χ2n) is 14.9. The van der Waals surface area contributed by atoms with Gasteiger partial charge in [0, 0.05) is 81.3 Å². The number of carbonyl (C=O) groups excluding carboxylic acids is 3. The largest absolute Gasteiger partial charge is 0.488 e. The average Bonchev–Trinajstić information content (AvgIpc) is 4.04. The van der Waals surface area contributed by atoms with Crippen molar-refractivity contribution in [3.8, 4) is 5.75 Å². The summed E-state index contributed by atoms with van der Waals surface area (Å²) >= 11 is 6.57. The number of rotatable bonds is 14. The standard InChI is InChI=1S/C42H47ClF3N5O4/c43-33-7-2-1-6-29(33)24-51(31-14-15-31)42(54)39-32(28-12-10-27(11-13-28)5-4-22-55-41-35(45)17-16-34(44)40(41)46)23-30-25-50(26-36(39)48-30)38(53)9-3-8-37(52)49-20-18-47-19-21-49/h1-2,6-7,10-13,16-17,30-31,36,47-48H,3-5,8-9,14-15,18-26H2. The molecule has 2 N–H and O–H groups in total. The first kappa shape index (κ1) is 38.9. The van der Waals surface area contributed by atoms with Crippen molar-refractivity contribution in [3.05, 3.63) is 105 Å². The molecule has 7 rings (SSSR count). The van der Waals surface area contributed by atoms with Crippen LogP contribution in [0.4, 0.5) is 13.2 Å². The van der Waals surface area contributed by atoms with Gasteiger partial charge in [0.1, 0.15) is 0 Å². The number of carbonyl (C=O) groups is 3. The number of hydrogen-bond acceptors (Lipinski definition) is 6. The van der Waals surface area contributed by atoms with Crippen LogP contribution in [0.15, 0.2) is 66.2 Å². The molecule has 3 heterocycles. The predicted octanol–water partition coefficient (Wildman–Crippen LogP) is 5.89. The molecule has 13 heteroatoms. The highest BCUT2D eigenvalue weighted by Crippen LogP contribution is 2.38. The van der Waals surface area contributed by atoms with Crippen LogP contribution in [0.25, 0.3) is 5.57 Å². The summed E-state index contributed by atoms with van der Waals surface area (Å²) in [5, 5.41) is 7.52. The highest BCUT2D eigenvalue weighted by Gasteiger charge is 2.43. The van der Waals surface area contributed by atoms with E-state index in [1.54, 1.807) is 0 Å². The SMILES string of the molecule is O=C(CCCC(=O)N1CC2CC(c3ccc(CCCOc4c(F)ccc(F)c4F)cc3)=C(C(=O)N(Cc3ccccc3Cl)C3CC3)C(C1)N2)N1CCNCC1. The Labute approximate surface area is 324 Å². The van der Waals surface area contributed by atoms with Crippen LogP contribution in [0.1, 0.15) is 61.6 Å². The van der Waals surface area contributed by atoms with Gasteiger partial charge in [0.15, 0.2) is 17.4 Å². The molecule has 3 aliphatic heterocycles. The van der Waals surface area contributed by atoms with E-state index in [0.29, 0.717) is 75.4 Å². The maximum absolute atomic E-state index is 14.8. The lowest BCUT2D eigenvalue weighted by molar-refractivity contribution is -0.135. The summed E-state index contributed by atoms with van der Waals surface area (Å²) in [6, 6.07) is 16.7. The van der Waals surface area contributed by atoms with Crippen LogP contribution in [-0.4, -0.2) is 96.4 Å². The molecule has 1 saturated carbocycles. The second-order valence-corrected chi connectivity index (χ2v) is 15.3. The molecule has 2 saturated heterocycles. The normalized spacial score (nSPS) is 19.7. The van der Waals surface area contributed by atoms with E-state index in [4.69, 9.17) is 16.3 Å². The molecule has 1 aliphatic carbocycles. The Balaban J connectivity index is 1.07. The Morgan fingerprint density at radius 3 is 2.29 bits per heavy atom. The first-order valence-corrected chi connectivity index (χ1v) is 19.7. The highest BCUT2D eigenvalue weighted by molar-refractivity contribution is 6.31. The fourth-order valence-corrected chi connectivity index (χ4v) is 8.07. The summed E-state index contributed by atoms with van der Waals surface area (Å²) in [7, 11) is 0. The number of nitrogens with one attached hydrogen (secondary N) is 2. The van der Waals surface area contributed by atoms with Crippen LogP contribution in [0.5, 0.6) is 5.75 Å². The van der Waals surface area contributed by atoms with Crippen LogP contribution >= 0.6 is 11.6 Å². The predicted molar refractivity (Wildman–Crippen MR) is 204 cm³/mol. The third-order valence-corrected chi connectivity index (χ3v) is 11.3. The third kappa shape index (κ3) is 9.36. The molecule has 0 aromatic heterocycles. The zero-order valence-corrected chi connectivity index (χ0v) is 31.6. The van der Waals surface area contributed by atoms with Gasteiger partial charge < -0.3 is 30.1 Å². The average molecular weight is 778 g/mol. The van der Waals surface area contributed by atoms with Crippen LogP contribution in [0, 0.1) is 17.5 Å². The van der Waals surface area contributed by atoms with Gasteiger partial charge in [-0.3, -0.25) is 14.4 Å². The molecule has 292 valence electrons. The molecule has 0 spiro atoms. The van der Waals surface area contributed by atoms with Crippen LogP contribution < -0.4 is 15.4 Å². The van der Waals surface area contributed by atoms with E-state index in [2.05, 4.69) is 10.6 Å². The van der Waals surface area contributed by atoms with Crippen molar-refractivity contribution < 1.29 is 32.3 Å². The van der Waals surface area contributed by atoms with E-state index >= 15 is 0 Å². The molecule has 4 aliphatic rings. The van der Waals surface area contributed by atoms with Gasteiger partial charge in [0.25, 0.3) is 5.91 Å². The third-order valence-electron chi connectivity index (χ3n) is 10.9. The second kappa shape index (κ2) is 17.6. The quantitative estimate of drug-likeness (QED) is 0.157.